The number of rotatable bonds is 7. The van der Waals surface area contributed by atoms with Gasteiger partial charge in [-0.2, -0.15) is 0 Å². The van der Waals surface area contributed by atoms with Crippen molar-refractivity contribution in [1.82, 2.24) is 4.90 Å². The van der Waals surface area contributed by atoms with Gasteiger partial charge in [0, 0.05) is 38.1 Å². The number of methoxy groups -OCH3 is 2. The Kier molecular flexibility index (Phi) is 7.06. The van der Waals surface area contributed by atoms with Gasteiger partial charge < -0.3 is 24.6 Å². The fraction of sp³-hybridized carbons (Fsp3) is 0.852. The monoisotopic (exact) mass is 477 g/mol. The maximum Gasteiger partial charge on any atom is 0.248 e. The first-order valence-electron chi connectivity index (χ1n) is 13.0. The van der Waals surface area contributed by atoms with E-state index in [1.165, 1.54) is 7.11 Å². The Balaban J connectivity index is 1.66. The predicted molar refractivity (Wildman–Crippen MR) is 128 cm³/mol. The van der Waals surface area contributed by atoms with Gasteiger partial charge in [0.1, 0.15) is 6.61 Å². The SMILES string of the molecule is COCCN(C(=O)COC)C(C)C1CC[C@@]2(O)C3=CC(=O)C4CC(O)CCC4(C)C3CCC12C. The van der Waals surface area contributed by atoms with E-state index in [2.05, 4.69) is 20.8 Å². The highest BCUT2D eigenvalue weighted by atomic mass is 16.5. The van der Waals surface area contributed by atoms with Gasteiger partial charge in [0.05, 0.1) is 18.3 Å². The second-order valence-corrected chi connectivity index (χ2v) is 11.8. The molecule has 3 saturated carbocycles. The quantitative estimate of drug-likeness (QED) is 0.585. The highest BCUT2D eigenvalue weighted by Gasteiger charge is 2.66. The van der Waals surface area contributed by atoms with Gasteiger partial charge in [-0.05, 0) is 80.8 Å². The third-order valence-electron chi connectivity index (χ3n) is 10.3. The normalized spacial score (nSPS) is 42.3. The molecule has 0 bridgehead atoms. The molecular formula is C27H43NO6. The molecule has 8 atom stereocenters. The summed E-state index contributed by atoms with van der Waals surface area (Å²) in [6.45, 7) is 7.40. The number of hydrogen-bond donors (Lipinski definition) is 2. The molecule has 0 aromatic carbocycles. The maximum absolute atomic E-state index is 13.3. The maximum atomic E-state index is 13.3. The van der Waals surface area contributed by atoms with Crippen molar-refractivity contribution >= 4 is 11.7 Å². The van der Waals surface area contributed by atoms with Gasteiger partial charge in [-0.15, -0.1) is 0 Å². The molecule has 0 saturated heterocycles. The first kappa shape index (κ1) is 25.8. The summed E-state index contributed by atoms with van der Waals surface area (Å²) in [4.78, 5) is 28.0. The van der Waals surface area contributed by atoms with Crippen LogP contribution in [0.1, 0.15) is 65.7 Å². The third kappa shape index (κ3) is 3.78. The summed E-state index contributed by atoms with van der Waals surface area (Å²) in [5.41, 5.74) is -0.764. The summed E-state index contributed by atoms with van der Waals surface area (Å²) in [6.07, 6.45) is 6.59. The van der Waals surface area contributed by atoms with Crippen LogP contribution in [0.15, 0.2) is 11.6 Å². The van der Waals surface area contributed by atoms with Crippen LogP contribution in [0.4, 0.5) is 0 Å². The van der Waals surface area contributed by atoms with E-state index >= 15 is 0 Å². The number of ketones is 1. The van der Waals surface area contributed by atoms with Crippen molar-refractivity contribution in [2.75, 3.05) is 34.0 Å². The van der Waals surface area contributed by atoms with Crippen molar-refractivity contribution in [3.8, 4) is 0 Å². The third-order valence-corrected chi connectivity index (χ3v) is 10.3. The van der Waals surface area contributed by atoms with Crippen molar-refractivity contribution in [3.05, 3.63) is 11.6 Å². The molecule has 7 nitrogen and oxygen atoms in total. The minimum atomic E-state index is -1.05. The molecule has 4 aliphatic rings. The minimum Gasteiger partial charge on any atom is -0.393 e. The standard InChI is InChI=1S/C27H43NO6/c1-17(28(12-13-33-4)24(31)16-34-5)19-8-11-27(32)21-15-23(30)22-14-18(29)6-9-25(22,2)20(21)7-10-26(19,27)3/h15,17-20,22,29,32H,6-14,16H2,1-5H3/t17?,18?,19?,20?,22?,25?,26?,27-/m1/s1. The molecule has 3 fully saturated rings. The Morgan fingerprint density at radius 3 is 2.56 bits per heavy atom. The molecule has 0 aromatic heterocycles. The molecule has 0 heterocycles. The fourth-order valence-electron chi connectivity index (χ4n) is 8.30. The van der Waals surface area contributed by atoms with Crippen molar-refractivity contribution in [1.29, 1.82) is 0 Å². The van der Waals surface area contributed by atoms with E-state index < -0.39 is 17.1 Å². The highest BCUT2D eigenvalue weighted by molar-refractivity contribution is 5.95. The summed E-state index contributed by atoms with van der Waals surface area (Å²) in [6, 6.07) is -0.0820. The Labute approximate surface area is 203 Å². The number of aliphatic hydroxyl groups is 2. The van der Waals surface area contributed by atoms with E-state index in [4.69, 9.17) is 9.47 Å². The molecule has 0 aromatic rings. The molecule has 192 valence electrons. The molecule has 34 heavy (non-hydrogen) atoms. The zero-order valence-corrected chi connectivity index (χ0v) is 21.5. The number of nitrogens with zero attached hydrogens (tertiary/aromatic N) is 1. The summed E-state index contributed by atoms with van der Waals surface area (Å²) >= 11 is 0. The zero-order valence-electron chi connectivity index (χ0n) is 21.5. The van der Waals surface area contributed by atoms with Gasteiger partial charge in [0.15, 0.2) is 5.78 Å². The van der Waals surface area contributed by atoms with Crippen LogP contribution in [0.3, 0.4) is 0 Å². The second-order valence-electron chi connectivity index (χ2n) is 11.8. The molecule has 4 rings (SSSR count). The average Bonchev–Trinajstić information content (AvgIpc) is 3.07. The molecule has 2 N–H and O–H groups in total. The van der Waals surface area contributed by atoms with Crippen molar-refractivity contribution in [3.63, 3.8) is 0 Å². The van der Waals surface area contributed by atoms with E-state index in [9.17, 15) is 19.8 Å². The number of aliphatic hydroxyl groups excluding tert-OH is 1. The smallest absolute Gasteiger partial charge is 0.248 e. The number of hydrogen-bond acceptors (Lipinski definition) is 6. The van der Waals surface area contributed by atoms with Gasteiger partial charge >= 0.3 is 0 Å². The van der Waals surface area contributed by atoms with Crippen LogP contribution in [0.2, 0.25) is 0 Å². The molecule has 0 aliphatic heterocycles. The van der Waals surface area contributed by atoms with E-state index in [-0.39, 0.29) is 47.5 Å². The lowest BCUT2D eigenvalue weighted by atomic mass is 9.46. The minimum absolute atomic E-state index is 0.0229. The summed E-state index contributed by atoms with van der Waals surface area (Å²) < 4.78 is 10.4. The van der Waals surface area contributed by atoms with Gasteiger partial charge in [-0.3, -0.25) is 9.59 Å². The van der Waals surface area contributed by atoms with Gasteiger partial charge in [-0.1, -0.05) is 13.8 Å². The van der Waals surface area contributed by atoms with E-state index in [1.54, 1.807) is 13.2 Å². The van der Waals surface area contributed by atoms with Gasteiger partial charge in [0.25, 0.3) is 0 Å². The number of amides is 1. The molecule has 7 unspecified atom stereocenters. The first-order valence-corrected chi connectivity index (χ1v) is 13.0. The predicted octanol–water partition coefficient (Wildman–Crippen LogP) is 2.73. The first-order chi connectivity index (χ1) is 16.0. The Hall–Kier alpha value is -1.28. The van der Waals surface area contributed by atoms with Crippen LogP contribution in [-0.2, 0) is 19.1 Å². The van der Waals surface area contributed by atoms with Gasteiger partial charge in [0.2, 0.25) is 5.91 Å². The van der Waals surface area contributed by atoms with Crippen LogP contribution in [0.25, 0.3) is 0 Å². The Bertz CT molecular complexity index is 843. The molecule has 4 aliphatic carbocycles. The van der Waals surface area contributed by atoms with Crippen molar-refractivity contribution in [2.45, 2.75) is 83.5 Å². The summed E-state index contributed by atoms with van der Waals surface area (Å²) in [5.74, 6) is 0.104. The van der Waals surface area contributed by atoms with Gasteiger partial charge in [-0.25, -0.2) is 0 Å². The molecule has 0 radical (unpaired) electrons. The van der Waals surface area contributed by atoms with Crippen LogP contribution < -0.4 is 0 Å². The average molecular weight is 478 g/mol. The number of ether oxygens (including phenoxy) is 2. The zero-order chi connectivity index (χ0) is 24.9. The van der Waals surface area contributed by atoms with Crippen LogP contribution >= 0.6 is 0 Å². The number of fused-ring (bicyclic) bond motifs is 5. The largest absolute Gasteiger partial charge is 0.393 e. The molecule has 1 amide bonds. The van der Waals surface area contributed by atoms with E-state index in [0.717, 1.165) is 37.7 Å². The molecule has 0 spiro atoms. The van der Waals surface area contributed by atoms with Crippen molar-refractivity contribution in [2.24, 2.45) is 28.6 Å². The molecule has 7 heteroatoms. The number of carbonyl (C=O) groups is 2. The fourth-order valence-corrected chi connectivity index (χ4v) is 8.30. The van der Waals surface area contributed by atoms with Crippen LogP contribution in [0.5, 0.6) is 0 Å². The topological polar surface area (TPSA) is 96.3 Å². The summed E-state index contributed by atoms with van der Waals surface area (Å²) in [5, 5.41) is 22.6. The lowest BCUT2D eigenvalue weighted by Gasteiger charge is -2.60. The number of allylic oxidation sites excluding steroid dienone is 1. The van der Waals surface area contributed by atoms with E-state index in [0.29, 0.717) is 26.0 Å². The Morgan fingerprint density at radius 1 is 1.15 bits per heavy atom. The molecular weight excluding hydrogens is 434 g/mol. The lowest BCUT2D eigenvalue weighted by Crippen LogP contribution is -2.60. The van der Waals surface area contributed by atoms with Crippen LogP contribution in [-0.4, -0.2) is 78.5 Å². The van der Waals surface area contributed by atoms with E-state index in [1.807, 2.05) is 4.90 Å². The lowest BCUT2D eigenvalue weighted by molar-refractivity contribution is -0.147. The Morgan fingerprint density at radius 2 is 1.88 bits per heavy atom. The van der Waals surface area contributed by atoms with Crippen molar-refractivity contribution < 1.29 is 29.3 Å². The highest BCUT2D eigenvalue weighted by Crippen LogP contribution is 2.67. The number of carbonyl (C=O) groups excluding carboxylic acids is 2. The summed E-state index contributed by atoms with van der Waals surface area (Å²) in [7, 11) is 3.16. The van der Waals surface area contributed by atoms with Crippen LogP contribution in [0, 0.1) is 28.6 Å². The second kappa shape index (κ2) is 9.30.